The molecule has 0 fully saturated rings. The summed E-state index contributed by atoms with van der Waals surface area (Å²) in [6.45, 7) is 2.86. The van der Waals surface area contributed by atoms with Gasteiger partial charge in [0.1, 0.15) is 5.75 Å². The van der Waals surface area contributed by atoms with Crippen molar-refractivity contribution in [3.63, 3.8) is 0 Å². The first-order valence-electron chi connectivity index (χ1n) is 6.82. The van der Waals surface area contributed by atoms with Crippen molar-refractivity contribution >= 4 is 0 Å². The minimum atomic E-state index is 0.0302. The predicted octanol–water partition coefficient (Wildman–Crippen LogP) is 3.72. The van der Waals surface area contributed by atoms with E-state index in [1.807, 2.05) is 30.3 Å². The summed E-state index contributed by atoms with van der Waals surface area (Å²) in [6.07, 6.45) is 1.85. The van der Waals surface area contributed by atoms with Crippen LogP contribution in [-0.2, 0) is 6.42 Å². The van der Waals surface area contributed by atoms with Gasteiger partial charge in [-0.3, -0.25) is 0 Å². The summed E-state index contributed by atoms with van der Waals surface area (Å²) >= 11 is 0. The Labute approximate surface area is 115 Å². The topological polar surface area (TPSA) is 35.2 Å². The van der Waals surface area contributed by atoms with Gasteiger partial charge in [-0.2, -0.15) is 0 Å². The first-order valence-corrected chi connectivity index (χ1v) is 6.82. The van der Waals surface area contributed by atoms with Gasteiger partial charge in [0.25, 0.3) is 0 Å². The molecule has 2 rings (SSSR count). The first kappa shape index (κ1) is 13.6. The molecule has 2 aromatic rings. The van der Waals surface area contributed by atoms with E-state index in [2.05, 4.69) is 31.2 Å². The molecule has 0 bridgehead atoms. The lowest BCUT2D eigenvalue weighted by Crippen LogP contribution is -2.13. The highest BCUT2D eigenvalue weighted by molar-refractivity contribution is 5.30. The Hall–Kier alpha value is -1.80. The number of hydrogen-bond acceptors (Lipinski definition) is 2. The molecule has 0 heterocycles. The fourth-order valence-electron chi connectivity index (χ4n) is 2.05. The Morgan fingerprint density at radius 2 is 1.84 bits per heavy atom. The van der Waals surface area contributed by atoms with Crippen LogP contribution in [0, 0.1) is 0 Å². The van der Waals surface area contributed by atoms with Crippen molar-refractivity contribution in [3.8, 4) is 5.75 Å². The van der Waals surface area contributed by atoms with Crippen molar-refractivity contribution in [3.05, 3.63) is 65.7 Å². The van der Waals surface area contributed by atoms with Crippen LogP contribution >= 0.6 is 0 Å². The van der Waals surface area contributed by atoms with E-state index in [0.717, 1.165) is 25.2 Å². The number of hydrogen-bond donors (Lipinski definition) is 1. The minimum Gasteiger partial charge on any atom is -0.494 e. The summed E-state index contributed by atoms with van der Waals surface area (Å²) in [5, 5.41) is 0. The summed E-state index contributed by atoms with van der Waals surface area (Å²) in [7, 11) is 0. The maximum Gasteiger partial charge on any atom is 0.119 e. The van der Waals surface area contributed by atoms with Crippen LogP contribution in [-0.4, -0.2) is 6.61 Å². The molecule has 0 aliphatic heterocycles. The third-order valence-electron chi connectivity index (χ3n) is 3.05. The van der Waals surface area contributed by atoms with E-state index in [9.17, 15) is 0 Å². The SMILES string of the molecule is CCCOc1cccc(CC(N)c2ccccc2)c1. The van der Waals surface area contributed by atoms with Crippen LogP contribution in [0.2, 0.25) is 0 Å². The van der Waals surface area contributed by atoms with Crippen molar-refractivity contribution in [2.45, 2.75) is 25.8 Å². The minimum absolute atomic E-state index is 0.0302. The molecule has 0 aliphatic carbocycles. The summed E-state index contributed by atoms with van der Waals surface area (Å²) < 4.78 is 5.64. The normalized spacial score (nSPS) is 12.1. The molecule has 0 saturated heterocycles. The van der Waals surface area contributed by atoms with E-state index in [1.54, 1.807) is 0 Å². The Morgan fingerprint density at radius 3 is 2.58 bits per heavy atom. The van der Waals surface area contributed by atoms with Gasteiger partial charge in [0, 0.05) is 6.04 Å². The van der Waals surface area contributed by atoms with E-state index >= 15 is 0 Å². The van der Waals surface area contributed by atoms with Gasteiger partial charge in [0.15, 0.2) is 0 Å². The number of benzene rings is 2. The molecule has 0 amide bonds. The third-order valence-corrected chi connectivity index (χ3v) is 3.05. The molecule has 0 aromatic heterocycles. The van der Waals surface area contributed by atoms with Crippen LogP contribution in [0.3, 0.4) is 0 Å². The molecular weight excluding hydrogens is 234 g/mol. The van der Waals surface area contributed by atoms with Crippen molar-refractivity contribution in [1.29, 1.82) is 0 Å². The van der Waals surface area contributed by atoms with Crippen LogP contribution < -0.4 is 10.5 Å². The lowest BCUT2D eigenvalue weighted by Gasteiger charge is -2.13. The molecule has 2 nitrogen and oxygen atoms in total. The van der Waals surface area contributed by atoms with Crippen LogP contribution in [0.25, 0.3) is 0 Å². The molecule has 0 saturated carbocycles. The lowest BCUT2D eigenvalue weighted by molar-refractivity contribution is 0.317. The number of ether oxygens (including phenoxy) is 1. The molecule has 0 radical (unpaired) electrons. The second-order valence-electron chi connectivity index (χ2n) is 4.72. The third kappa shape index (κ3) is 4.11. The maximum absolute atomic E-state index is 6.24. The summed E-state index contributed by atoms with van der Waals surface area (Å²) in [5.74, 6) is 0.930. The van der Waals surface area contributed by atoms with Crippen molar-refractivity contribution in [2.24, 2.45) is 5.73 Å². The average Bonchev–Trinajstić information content (AvgIpc) is 2.46. The highest BCUT2D eigenvalue weighted by atomic mass is 16.5. The van der Waals surface area contributed by atoms with Crippen molar-refractivity contribution in [2.75, 3.05) is 6.61 Å². The molecule has 19 heavy (non-hydrogen) atoms. The first-order chi connectivity index (χ1) is 9.29. The standard InChI is InChI=1S/C17H21NO/c1-2-11-19-16-10-6-7-14(12-16)13-17(18)15-8-4-3-5-9-15/h3-10,12,17H,2,11,13,18H2,1H3. The maximum atomic E-state index is 6.24. The molecule has 2 N–H and O–H groups in total. The molecule has 0 aliphatic rings. The molecule has 0 spiro atoms. The van der Waals surface area contributed by atoms with Gasteiger partial charge in [0.05, 0.1) is 6.61 Å². The number of rotatable bonds is 6. The molecule has 1 atom stereocenters. The monoisotopic (exact) mass is 255 g/mol. The Balaban J connectivity index is 2.02. The van der Waals surface area contributed by atoms with Crippen LogP contribution in [0.5, 0.6) is 5.75 Å². The second-order valence-corrected chi connectivity index (χ2v) is 4.72. The predicted molar refractivity (Wildman–Crippen MR) is 79.3 cm³/mol. The van der Waals surface area contributed by atoms with Crippen LogP contribution in [0.1, 0.15) is 30.5 Å². The summed E-state index contributed by atoms with van der Waals surface area (Å²) in [6, 6.07) is 18.4. The van der Waals surface area contributed by atoms with E-state index in [4.69, 9.17) is 10.5 Å². The molecule has 100 valence electrons. The van der Waals surface area contributed by atoms with E-state index in [-0.39, 0.29) is 6.04 Å². The van der Waals surface area contributed by atoms with Gasteiger partial charge >= 0.3 is 0 Å². The zero-order valence-corrected chi connectivity index (χ0v) is 11.4. The zero-order valence-electron chi connectivity index (χ0n) is 11.4. The van der Waals surface area contributed by atoms with Gasteiger partial charge in [-0.25, -0.2) is 0 Å². The highest BCUT2D eigenvalue weighted by Gasteiger charge is 2.07. The summed E-state index contributed by atoms with van der Waals surface area (Å²) in [4.78, 5) is 0. The number of nitrogens with two attached hydrogens (primary N) is 1. The molecule has 1 unspecified atom stereocenters. The van der Waals surface area contributed by atoms with Gasteiger partial charge in [-0.05, 0) is 36.1 Å². The van der Waals surface area contributed by atoms with E-state index in [1.165, 1.54) is 11.1 Å². The van der Waals surface area contributed by atoms with Crippen LogP contribution in [0.15, 0.2) is 54.6 Å². The molecular formula is C17H21NO. The Morgan fingerprint density at radius 1 is 1.05 bits per heavy atom. The van der Waals surface area contributed by atoms with E-state index in [0.29, 0.717) is 0 Å². The molecule has 2 heteroatoms. The Kier molecular flexibility index (Phi) is 4.99. The van der Waals surface area contributed by atoms with E-state index < -0.39 is 0 Å². The largest absolute Gasteiger partial charge is 0.494 e. The van der Waals surface area contributed by atoms with Crippen molar-refractivity contribution in [1.82, 2.24) is 0 Å². The zero-order chi connectivity index (χ0) is 13.5. The smallest absolute Gasteiger partial charge is 0.119 e. The van der Waals surface area contributed by atoms with Gasteiger partial charge < -0.3 is 10.5 Å². The Bertz CT molecular complexity index is 496. The van der Waals surface area contributed by atoms with Gasteiger partial charge in [-0.15, -0.1) is 0 Å². The second kappa shape index (κ2) is 6.95. The van der Waals surface area contributed by atoms with Crippen molar-refractivity contribution < 1.29 is 4.74 Å². The average molecular weight is 255 g/mol. The summed E-state index contributed by atoms with van der Waals surface area (Å²) in [5.41, 5.74) is 8.62. The van der Waals surface area contributed by atoms with Gasteiger partial charge in [0.2, 0.25) is 0 Å². The van der Waals surface area contributed by atoms with Gasteiger partial charge in [-0.1, -0.05) is 49.4 Å². The molecule has 2 aromatic carbocycles. The quantitative estimate of drug-likeness (QED) is 0.854. The fourth-order valence-corrected chi connectivity index (χ4v) is 2.05. The highest BCUT2D eigenvalue weighted by Crippen LogP contribution is 2.19. The fraction of sp³-hybridized carbons (Fsp3) is 0.294. The lowest BCUT2D eigenvalue weighted by atomic mass is 10.00. The van der Waals surface area contributed by atoms with Crippen LogP contribution in [0.4, 0.5) is 0 Å².